The van der Waals surface area contributed by atoms with Crippen LogP contribution in [0.4, 0.5) is 0 Å². The Bertz CT molecular complexity index is 744. The van der Waals surface area contributed by atoms with E-state index in [2.05, 4.69) is 51.0 Å². The second kappa shape index (κ2) is 10.3. The van der Waals surface area contributed by atoms with Crippen LogP contribution in [0.15, 0.2) is 48.0 Å². The molecule has 4 rings (SSSR count). The summed E-state index contributed by atoms with van der Waals surface area (Å²) in [5.74, 6) is 2.84. The molecule has 1 N–H and O–H groups in total. The summed E-state index contributed by atoms with van der Waals surface area (Å²) in [6.45, 7) is 7.02. The second-order valence-electron chi connectivity index (χ2n) is 7.93. The van der Waals surface area contributed by atoms with Crippen molar-refractivity contribution in [1.82, 2.24) is 19.8 Å². The number of benzene rings is 1. The van der Waals surface area contributed by atoms with Crippen LogP contribution in [0.5, 0.6) is 0 Å². The Morgan fingerprint density at radius 2 is 1.93 bits per heavy atom. The number of imidazole rings is 1. The summed E-state index contributed by atoms with van der Waals surface area (Å²) < 4.78 is 2.10. The molecule has 1 aliphatic heterocycles. The second-order valence-corrected chi connectivity index (χ2v) is 7.93. The molecule has 2 atom stereocenters. The summed E-state index contributed by atoms with van der Waals surface area (Å²) in [7, 11) is 0. The maximum absolute atomic E-state index is 4.97. The number of halogens is 1. The fraction of sp³-hybridized carbons (Fsp3) is 0.545. The van der Waals surface area contributed by atoms with Crippen molar-refractivity contribution in [3.63, 3.8) is 0 Å². The van der Waals surface area contributed by atoms with E-state index in [1.54, 1.807) is 0 Å². The molecule has 0 amide bonds. The Kier molecular flexibility index (Phi) is 7.76. The lowest BCUT2D eigenvalue weighted by atomic mass is 9.82. The van der Waals surface area contributed by atoms with Gasteiger partial charge in [-0.15, -0.1) is 24.0 Å². The van der Waals surface area contributed by atoms with Gasteiger partial charge in [0.2, 0.25) is 0 Å². The average Bonchev–Trinajstić information content (AvgIpc) is 3.35. The number of hydrogen-bond acceptors (Lipinski definition) is 2. The Balaban J connectivity index is 0.00000225. The van der Waals surface area contributed by atoms with Crippen LogP contribution in [-0.2, 0) is 13.1 Å². The molecular weight excluding hydrogens is 461 g/mol. The van der Waals surface area contributed by atoms with Crippen molar-refractivity contribution in [3.8, 4) is 0 Å². The van der Waals surface area contributed by atoms with Crippen LogP contribution in [0.2, 0.25) is 0 Å². The van der Waals surface area contributed by atoms with Crippen LogP contribution in [0.3, 0.4) is 0 Å². The zero-order valence-corrected chi connectivity index (χ0v) is 19.1. The quantitative estimate of drug-likeness (QED) is 0.387. The SMILES string of the molecule is CCNC(=NCc1cccc(Cn2ccnc2)c1)N1CC2CCCCC2C1.I. The van der Waals surface area contributed by atoms with E-state index in [0.717, 1.165) is 37.4 Å². The van der Waals surface area contributed by atoms with Gasteiger partial charge in [0.15, 0.2) is 5.96 Å². The van der Waals surface area contributed by atoms with Crippen molar-refractivity contribution in [2.45, 2.75) is 45.7 Å². The predicted octanol–water partition coefficient (Wildman–Crippen LogP) is 4.14. The minimum Gasteiger partial charge on any atom is -0.357 e. The molecule has 152 valence electrons. The summed E-state index contributed by atoms with van der Waals surface area (Å²) in [6, 6.07) is 8.74. The number of guanidine groups is 1. The highest BCUT2D eigenvalue weighted by Gasteiger charge is 2.35. The molecule has 6 heteroatoms. The molecule has 2 aliphatic rings. The highest BCUT2D eigenvalue weighted by atomic mass is 127. The molecule has 1 aromatic heterocycles. The van der Waals surface area contributed by atoms with Gasteiger partial charge in [0.05, 0.1) is 12.9 Å². The molecule has 0 radical (unpaired) electrons. The van der Waals surface area contributed by atoms with Gasteiger partial charge in [-0.3, -0.25) is 0 Å². The molecule has 1 saturated carbocycles. The average molecular weight is 493 g/mol. The summed E-state index contributed by atoms with van der Waals surface area (Å²) in [6.07, 6.45) is 11.3. The topological polar surface area (TPSA) is 45.5 Å². The minimum absolute atomic E-state index is 0. The number of nitrogens with one attached hydrogen (secondary N) is 1. The Hall–Kier alpha value is -1.57. The van der Waals surface area contributed by atoms with Crippen LogP contribution in [0, 0.1) is 11.8 Å². The summed E-state index contributed by atoms with van der Waals surface area (Å²) in [5, 5.41) is 3.52. The number of aliphatic imine (C=N–C) groups is 1. The third-order valence-electron chi connectivity index (χ3n) is 5.94. The van der Waals surface area contributed by atoms with E-state index in [-0.39, 0.29) is 24.0 Å². The van der Waals surface area contributed by atoms with Crippen molar-refractivity contribution in [2.24, 2.45) is 16.8 Å². The van der Waals surface area contributed by atoms with Gasteiger partial charge in [-0.05, 0) is 42.7 Å². The van der Waals surface area contributed by atoms with Crippen LogP contribution >= 0.6 is 24.0 Å². The number of fused-ring (bicyclic) bond motifs is 1. The smallest absolute Gasteiger partial charge is 0.194 e. The zero-order valence-electron chi connectivity index (χ0n) is 16.8. The molecule has 28 heavy (non-hydrogen) atoms. The fourth-order valence-electron chi connectivity index (χ4n) is 4.59. The molecule has 0 bridgehead atoms. The first kappa shape index (κ1) is 21.1. The molecule has 2 unspecified atom stereocenters. The van der Waals surface area contributed by atoms with E-state index < -0.39 is 0 Å². The van der Waals surface area contributed by atoms with Gasteiger partial charge < -0.3 is 14.8 Å². The van der Waals surface area contributed by atoms with Gasteiger partial charge in [0, 0.05) is 38.6 Å². The molecule has 1 aliphatic carbocycles. The molecule has 2 aromatic rings. The van der Waals surface area contributed by atoms with Gasteiger partial charge in [0.25, 0.3) is 0 Å². The molecule has 2 heterocycles. The number of hydrogen-bond donors (Lipinski definition) is 1. The van der Waals surface area contributed by atoms with Crippen LogP contribution in [0.25, 0.3) is 0 Å². The van der Waals surface area contributed by atoms with Crippen LogP contribution in [0.1, 0.15) is 43.7 Å². The van der Waals surface area contributed by atoms with Crippen molar-refractivity contribution in [2.75, 3.05) is 19.6 Å². The maximum atomic E-state index is 4.97. The van der Waals surface area contributed by atoms with Crippen molar-refractivity contribution in [1.29, 1.82) is 0 Å². The van der Waals surface area contributed by atoms with E-state index in [4.69, 9.17) is 4.99 Å². The molecule has 1 aromatic carbocycles. The summed E-state index contributed by atoms with van der Waals surface area (Å²) in [4.78, 5) is 11.6. The molecule has 1 saturated heterocycles. The summed E-state index contributed by atoms with van der Waals surface area (Å²) >= 11 is 0. The largest absolute Gasteiger partial charge is 0.357 e. The number of likely N-dealkylation sites (tertiary alicyclic amines) is 1. The predicted molar refractivity (Wildman–Crippen MR) is 125 cm³/mol. The van der Waals surface area contributed by atoms with Crippen molar-refractivity contribution < 1.29 is 0 Å². The van der Waals surface area contributed by atoms with Gasteiger partial charge >= 0.3 is 0 Å². The number of nitrogens with zero attached hydrogens (tertiary/aromatic N) is 4. The highest BCUT2D eigenvalue weighted by molar-refractivity contribution is 14.0. The van der Waals surface area contributed by atoms with E-state index >= 15 is 0 Å². The zero-order chi connectivity index (χ0) is 18.5. The Morgan fingerprint density at radius 1 is 1.18 bits per heavy atom. The molecule has 5 nitrogen and oxygen atoms in total. The third kappa shape index (κ3) is 5.27. The van der Waals surface area contributed by atoms with Crippen LogP contribution < -0.4 is 5.32 Å². The molecule has 0 spiro atoms. The lowest BCUT2D eigenvalue weighted by Gasteiger charge is -2.22. The monoisotopic (exact) mass is 493 g/mol. The lowest BCUT2D eigenvalue weighted by Crippen LogP contribution is -2.40. The maximum Gasteiger partial charge on any atom is 0.194 e. The number of rotatable bonds is 5. The van der Waals surface area contributed by atoms with E-state index in [0.29, 0.717) is 0 Å². The van der Waals surface area contributed by atoms with E-state index in [1.807, 2.05) is 18.7 Å². The van der Waals surface area contributed by atoms with Crippen molar-refractivity contribution in [3.05, 3.63) is 54.1 Å². The highest BCUT2D eigenvalue weighted by Crippen LogP contribution is 2.36. The lowest BCUT2D eigenvalue weighted by molar-refractivity contribution is 0.299. The normalized spacial score (nSPS) is 21.9. The standard InChI is InChI=1S/C22H31N5.HI/c1-2-24-22(27-15-20-8-3-4-9-21(20)16-27)25-13-18-6-5-7-19(12-18)14-26-11-10-23-17-26;/h5-7,10-12,17,20-21H,2-4,8-9,13-16H2,1H3,(H,24,25);1H. The van der Waals surface area contributed by atoms with Gasteiger partial charge in [-0.2, -0.15) is 0 Å². The Labute approximate surface area is 185 Å². The fourth-order valence-corrected chi connectivity index (χ4v) is 4.59. The van der Waals surface area contributed by atoms with Crippen LogP contribution in [-0.4, -0.2) is 40.0 Å². The first-order chi connectivity index (χ1) is 13.3. The van der Waals surface area contributed by atoms with Gasteiger partial charge in [-0.1, -0.05) is 37.1 Å². The van der Waals surface area contributed by atoms with Gasteiger partial charge in [-0.25, -0.2) is 9.98 Å². The molecule has 2 fully saturated rings. The van der Waals surface area contributed by atoms with E-state index in [1.165, 1.54) is 49.9 Å². The first-order valence-corrected chi connectivity index (χ1v) is 10.4. The Morgan fingerprint density at radius 3 is 2.61 bits per heavy atom. The third-order valence-corrected chi connectivity index (χ3v) is 5.94. The first-order valence-electron chi connectivity index (χ1n) is 10.4. The van der Waals surface area contributed by atoms with Gasteiger partial charge in [0.1, 0.15) is 0 Å². The van der Waals surface area contributed by atoms with Crippen molar-refractivity contribution >= 4 is 29.9 Å². The van der Waals surface area contributed by atoms with E-state index in [9.17, 15) is 0 Å². The number of aromatic nitrogens is 2. The summed E-state index contributed by atoms with van der Waals surface area (Å²) in [5.41, 5.74) is 2.55. The minimum atomic E-state index is 0. The molecular formula is C22H32IN5.